The number of hydrogen-bond donors (Lipinski definition) is 0. The van der Waals surface area contributed by atoms with E-state index in [0.717, 1.165) is 11.4 Å². The second kappa shape index (κ2) is 2.58. The number of nitrogens with zero attached hydrogens (tertiary/aromatic N) is 4. The second-order valence-corrected chi connectivity index (χ2v) is 3.26. The van der Waals surface area contributed by atoms with E-state index >= 15 is 0 Å². The Labute approximate surface area is 68.6 Å². The first-order chi connectivity index (χ1) is 5.38. The van der Waals surface area contributed by atoms with Crippen LogP contribution in [0, 0.1) is 0 Å². The monoisotopic (exact) mass is 168 g/mol. The highest BCUT2D eigenvalue weighted by molar-refractivity contribution is 7.09. The van der Waals surface area contributed by atoms with Gasteiger partial charge in [0, 0.05) is 19.7 Å². The van der Waals surface area contributed by atoms with Crippen LogP contribution in [-0.4, -0.2) is 28.5 Å². The summed E-state index contributed by atoms with van der Waals surface area (Å²) in [5.41, 5.74) is 1.75. The minimum atomic E-state index is 0.322. The van der Waals surface area contributed by atoms with E-state index < -0.39 is 0 Å². The van der Waals surface area contributed by atoms with Crippen molar-refractivity contribution in [2.75, 3.05) is 7.05 Å². The van der Waals surface area contributed by atoms with E-state index in [4.69, 9.17) is 0 Å². The Morgan fingerprint density at radius 3 is 3.18 bits per heavy atom. The smallest absolute Gasteiger partial charge is 0.141 e. The molecule has 0 saturated carbocycles. The van der Waals surface area contributed by atoms with Gasteiger partial charge in [0.05, 0.1) is 0 Å². The molecule has 0 bridgehead atoms. The standard InChI is InChI=1S/C6H8N4S/c1-10-5(2-3-8-10)6-9-7-4-11-6/h3-5H,2H2,1H3. The van der Waals surface area contributed by atoms with Crippen LogP contribution < -0.4 is 0 Å². The SMILES string of the molecule is CN1N=CCC1c1nncs1. The lowest BCUT2D eigenvalue weighted by atomic mass is 10.2. The van der Waals surface area contributed by atoms with Crippen LogP contribution in [-0.2, 0) is 0 Å². The highest BCUT2D eigenvalue weighted by atomic mass is 32.1. The van der Waals surface area contributed by atoms with Crippen LogP contribution in [0.25, 0.3) is 0 Å². The van der Waals surface area contributed by atoms with Crippen molar-refractivity contribution in [2.24, 2.45) is 5.10 Å². The first kappa shape index (κ1) is 6.72. The largest absolute Gasteiger partial charge is 0.290 e. The zero-order chi connectivity index (χ0) is 7.68. The van der Waals surface area contributed by atoms with Gasteiger partial charge in [0.25, 0.3) is 0 Å². The molecule has 1 aromatic heterocycles. The highest BCUT2D eigenvalue weighted by Gasteiger charge is 2.21. The Morgan fingerprint density at radius 1 is 1.73 bits per heavy atom. The van der Waals surface area contributed by atoms with Gasteiger partial charge in [-0.2, -0.15) is 5.10 Å². The summed E-state index contributed by atoms with van der Waals surface area (Å²) >= 11 is 1.58. The average molecular weight is 168 g/mol. The lowest BCUT2D eigenvalue weighted by Gasteiger charge is -2.14. The van der Waals surface area contributed by atoms with E-state index in [0.29, 0.717) is 6.04 Å². The Hall–Kier alpha value is -0.970. The predicted octanol–water partition coefficient (Wildman–Crippen LogP) is 0.901. The first-order valence-electron chi connectivity index (χ1n) is 3.39. The number of aromatic nitrogens is 2. The molecule has 0 fully saturated rings. The summed E-state index contributed by atoms with van der Waals surface area (Å²) < 4.78 is 0. The predicted molar refractivity (Wildman–Crippen MR) is 43.5 cm³/mol. The molecule has 0 N–H and O–H groups in total. The maximum atomic E-state index is 4.12. The molecule has 1 aliphatic heterocycles. The van der Waals surface area contributed by atoms with Gasteiger partial charge in [-0.25, -0.2) is 0 Å². The molecule has 0 amide bonds. The number of rotatable bonds is 1. The number of hydrogen-bond acceptors (Lipinski definition) is 5. The Bertz CT molecular complexity index is 256. The van der Waals surface area contributed by atoms with Gasteiger partial charge in [0.2, 0.25) is 0 Å². The summed E-state index contributed by atoms with van der Waals surface area (Å²) in [5, 5.41) is 14.9. The molecule has 2 rings (SSSR count). The van der Waals surface area contributed by atoms with Crippen LogP contribution in [0.2, 0.25) is 0 Å². The zero-order valence-corrected chi connectivity index (χ0v) is 6.95. The van der Waals surface area contributed by atoms with Gasteiger partial charge >= 0.3 is 0 Å². The van der Waals surface area contributed by atoms with E-state index in [2.05, 4.69) is 15.3 Å². The van der Waals surface area contributed by atoms with Crippen molar-refractivity contribution in [2.45, 2.75) is 12.5 Å². The molecule has 11 heavy (non-hydrogen) atoms. The quantitative estimate of drug-likeness (QED) is 0.625. The number of hydrazone groups is 1. The minimum Gasteiger partial charge on any atom is -0.290 e. The van der Waals surface area contributed by atoms with E-state index in [1.54, 1.807) is 16.8 Å². The fraction of sp³-hybridized carbons (Fsp3) is 0.500. The maximum Gasteiger partial charge on any atom is 0.141 e. The van der Waals surface area contributed by atoms with Crippen LogP contribution in [0.3, 0.4) is 0 Å². The van der Waals surface area contributed by atoms with Gasteiger partial charge in [-0.15, -0.1) is 21.5 Å². The Balaban J connectivity index is 2.19. The summed E-state index contributed by atoms with van der Waals surface area (Å²) in [6, 6.07) is 0.322. The molecule has 2 heterocycles. The third-order valence-corrected chi connectivity index (χ3v) is 2.50. The fourth-order valence-electron chi connectivity index (χ4n) is 1.10. The van der Waals surface area contributed by atoms with Crippen molar-refractivity contribution in [3.8, 4) is 0 Å². The molecular formula is C6H8N4S. The van der Waals surface area contributed by atoms with Crippen molar-refractivity contribution in [3.63, 3.8) is 0 Å². The van der Waals surface area contributed by atoms with E-state index in [1.807, 2.05) is 18.3 Å². The lowest BCUT2D eigenvalue weighted by Crippen LogP contribution is -2.13. The topological polar surface area (TPSA) is 41.4 Å². The first-order valence-corrected chi connectivity index (χ1v) is 4.27. The molecule has 1 aliphatic rings. The Morgan fingerprint density at radius 2 is 2.64 bits per heavy atom. The van der Waals surface area contributed by atoms with Crippen LogP contribution >= 0.6 is 11.3 Å². The van der Waals surface area contributed by atoms with Crippen LogP contribution in [0.15, 0.2) is 10.6 Å². The van der Waals surface area contributed by atoms with Crippen LogP contribution in [0.5, 0.6) is 0 Å². The molecule has 5 heteroatoms. The van der Waals surface area contributed by atoms with Gasteiger partial charge in [0.1, 0.15) is 16.6 Å². The summed E-state index contributed by atoms with van der Waals surface area (Å²) in [7, 11) is 1.95. The molecule has 58 valence electrons. The summed E-state index contributed by atoms with van der Waals surface area (Å²) in [6.45, 7) is 0. The third-order valence-electron chi connectivity index (χ3n) is 1.71. The molecule has 0 aromatic carbocycles. The van der Waals surface area contributed by atoms with Gasteiger partial charge < -0.3 is 0 Å². The lowest BCUT2D eigenvalue weighted by molar-refractivity contribution is 0.288. The van der Waals surface area contributed by atoms with Gasteiger partial charge in [-0.3, -0.25) is 5.01 Å². The summed E-state index contributed by atoms with van der Waals surface area (Å²) in [5.74, 6) is 0. The minimum absolute atomic E-state index is 0.322. The van der Waals surface area contributed by atoms with Gasteiger partial charge in [-0.1, -0.05) is 0 Å². The van der Waals surface area contributed by atoms with Crippen molar-refractivity contribution >= 4 is 17.6 Å². The molecule has 0 spiro atoms. The molecule has 0 radical (unpaired) electrons. The normalized spacial score (nSPS) is 23.0. The van der Waals surface area contributed by atoms with Crippen molar-refractivity contribution in [1.82, 2.24) is 15.2 Å². The fourth-order valence-corrected chi connectivity index (χ4v) is 1.80. The highest BCUT2D eigenvalue weighted by Crippen LogP contribution is 2.26. The van der Waals surface area contributed by atoms with Crippen molar-refractivity contribution < 1.29 is 0 Å². The van der Waals surface area contributed by atoms with E-state index in [1.165, 1.54) is 0 Å². The molecule has 4 nitrogen and oxygen atoms in total. The molecule has 0 aliphatic carbocycles. The van der Waals surface area contributed by atoms with Gasteiger partial charge in [-0.05, 0) is 0 Å². The maximum absolute atomic E-state index is 4.12. The summed E-state index contributed by atoms with van der Waals surface area (Å²) in [4.78, 5) is 0. The molecule has 1 atom stereocenters. The zero-order valence-electron chi connectivity index (χ0n) is 6.14. The van der Waals surface area contributed by atoms with Crippen LogP contribution in [0.1, 0.15) is 17.5 Å². The Kier molecular flexibility index (Phi) is 1.58. The molecule has 1 unspecified atom stereocenters. The summed E-state index contributed by atoms with van der Waals surface area (Å²) in [6.07, 6.45) is 2.86. The molecular weight excluding hydrogens is 160 g/mol. The third kappa shape index (κ3) is 1.11. The van der Waals surface area contributed by atoms with Crippen LogP contribution in [0.4, 0.5) is 0 Å². The second-order valence-electron chi connectivity index (χ2n) is 2.40. The molecule has 1 aromatic rings. The van der Waals surface area contributed by atoms with Crippen molar-refractivity contribution in [3.05, 3.63) is 10.5 Å². The molecule has 0 saturated heterocycles. The van der Waals surface area contributed by atoms with E-state index in [9.17, 15) is 0 Å². The van der Waals surface area contributed by atoms with E-state index in [-0.39, 0.29) is 0 Å². The van der Waals surface area contributed by atoms with Crippen molar-refractivity contribution in [1.29, 1.82) is 0 Å². The van der Waals surface area contributed by atoms with Gasteiger partial charge in [0.15, 0.2) is 0 Å². The average Bonchev–Trinajstić information content (AvgIpc) is 2.55.